The highest BCUT2D eigenvalue weighted by Crippen LogP contribution is 2.28. The van der Waals surface area contributed by atoms with Gasteiger partial charge in [-0.3, -0.25) is 14.9 Å². The lowest BCUT2D eigenvalue weighted by Crippen LogP contribution is -2.23. The summed E-state index contributed by atoms with van der Waals surface area (Å²) in [7, 11) is 0. The van der Waals surface area contributed by atoms with Crippen LogP contribution in [-0.4, -0.2) is 31.7 Å². The summed E-state index contributed by atoms with van der Waals surface area (Å²) < 4.78 is 1.33. The molecule has 0 fully saturated rings. The van der Waals surface area contributed by atoms with Crippen LogP contribution in [0.4, 0.5) is 11.5 Å². The van der Waals surface area contributed by atoms with E-state index in [1.165, 1.54) is 34.4 Å². The number of rotatable bonds is 6. The van der Waals surface area contributed by atoms with Crippen LogP contribution < -0.4 is 11.1 Å². The number of thiophene rings is 1. The molecule has 3 N–H and O–H groups in total. The zero-order chi connectivity index (χ0) is 23.7. The summed E-state index contributed by atoms with van der Waals surface area (Å²) in [4.78, 5) is 34.0. The first kappa shape index (κ1) is 21.2. The van der Waals surface area contributed by atoms with Gasteiger partial charge in [-0.2, -0.15) is 9.78 Å². The fourth-order valence-corrected chi connectivity index (χ4v) is 4.14. The fourth-order valence-electron chi connectivity index (χ4n) is 3.50. The second-order valence-electron chi connectivity index (χ2n) is 7.32. The first-order valence-corrected chi connectivity index (χ1v) is 11.1. The Bertz CT molecular complexity index is 1570. The van der Waals surface area contributed by atoms with Gasteiger partial charge in [0.05, 0.1) is 28.7 Å². The van der Waals surface area contributed by atoms with Crippen molar-refractivity contribution in [1.82, 2.24) is 20.0 Å². The van der Waals surface area contributed by atoms with E-state index in [1.54, 1.807) is 24.3 Å². The highest BCUT2D eigenvalue weighted by Gasteiger charge is 2.24. The van der Waals surface area contributed by atoms with Gasteiger partial charge in [0, 0.05) is 22.6 Å². The van der Waals surface area contributed by atoms with Crippen molar-refractivity contribution in [2.24, 2.45) is 5.10 Å². The molecular formula is C23H17N7O3S. The highest BCUT2D eigenvalue weighted by molar-refractivity contribution is 7.09. The monoisotopic (exact) mass is 471 g/mol. The van der Waals surface area contributed by atoms with Gasteiger partial charge in [-0.15, -0.1) is 11.3 Å². The molecule has 10 nitrogen and oxygen atoms in total. The number of nitrogens with one attached hydrogen (secondary N) is 1. The van der Waals surface area contributed by atoms with E-state index in [2.05, 4.69) is 20.4 Å². The third-order valence-electron chi connectivity index (χ3n) is 5.11. The number of carbonyl (C=O) groups is 1. The quantitative estimate of drug-likeness (QED) is 0.218. The van der Waals surface area contributed by atoms with Gasteiger partial charge in [0.1, 0.15) is 16.9 Å². The number of non-ortho nitro benzene ring substituents is 1. The van der Waals surface area contributed by atoms with Crippen molar-refractivity contribution in [3.63, 3.8) is 0 Å². The van der Waals surface area contributed by atoms with E-state index in [4.69, 9.17) is 5.73 Å². The van der Waals surface area contributed by atoms with Gasteiger partial charge in [0.25, 0.3) is 11.6 Å². The van der Waals surface area contributed by atoms with Gasteiger partial charge in [-0.05, 0) is 23.6 Å². The lowest BCUT2D eigenvalue weighted by molar-refractivity contribution is -0.384. The largest absolute Gasteiger partial charge is 0.383 e. The zero-order valence-electron chi connectivity index (χ0n) is 17.6. The summed E-state index contributed by atoms with van der Waals surface area (Å²) in [6.07, 6.45) is 1.42. The molecule has 0 aliphatic carbocycles. The van der Waals surface area contributed by atoms with Gasteiger partial charge >= 0.3 is 0 Å². The number of amides is 1. The molecule has 0 spiro atoms. The third-order valence-corrected chi connectivity index (χ3v) is 5.98. The molecule has 0 saturated carbocycles. The Kier molecular flexibility index (Phi) is 5.44. The minimum Gasteiger partial charge on any atom is -0.383 e. The van der Waals surface area contributed by atoms with E-state index in [1.807, 2.05) is 29.6 Å². The van der Waals surface area contributed by atoms with Crippen molar-refractivity contribution in [3.05, 3.63) is 92.2 Å². The van der Waals surface area contributed by atoms with Crippen LogP contribution >= 0.6 is 11.3 Å². The number of nitrogens with two attached hydrogens (primary N) is 1. The van der Waals surface area contributed by atoms with Gasteiger partial charge in [0.2, 0.25) is 0 Å². The molecule has 0 unspecified atom stereocenters. The van der Waals surface area contributed by atoms with Gasteiger partial charge in [-0.25, -0.2) is 9.97 Å². The molecule has 2 aromatic carbocycles. The van der Waals surface area contributed by atoms with E-state index in [0.29, 0.717) is 34.3 Å². The first-order chi connectivity index (χ1) is 16.5. The number of aromatic nitrogens is 3. The average molecular weight is 472 g/mol. The predicted octanol–water partition coefficient (Wildman–Crippen LogP) is 3.95. The molecule has 11 heteroatoms. The molecule has 1 amide bonds. The van der Waals surface area contributed by atoms with Crippen molar-refractivity contribution < 1.29 is 9.72 Å². The molecule has 0 saturated heterocycles. The Labute approximate surface area is 196 Å². The van der Waals surface area contributed by atoms with Gasteiger partial charge < -0.3 is 11.1 Å². The van der Waals surface area contributed by atoms with E-state index >= 15 is 0 Å². The van der Waals surface area contributed by atoms with E-state index in [0.717, 1.165) is 4.88 Å². The number of anilines is 1. The Morgan fingerprint density at radius 3 is 2.68 bits per heavy atom. The minimum absolute atomic E-state index is 0.0614. The molecule has 5 aromatic rings. The Balaban J connectivity index is 1.61. The number of nitrogen functional groups attached to an aromatic ring is 1. The number of benzene rings is 2. The van der Waals surface area contributed by atoms with E-state index in [-0.39, 0.29) is 17.1 Å². The summed E-state index contributed by atoms with van der Waals surface area (Å²) in [6.45, 7) is 0.348. The second-order valence-corrected chi connectivity index (χ2v) is 8.35. The molecule has 3 aromatic heterocycles. The van der Waals surface area contributed by atoms with Gasteiger partial charge in [-0.1, -0.05) is 30.3 Å². The van der Waals surface area contributed by atoms with Gasteiger partial charge in [0.15, 0.2) is 5.65 Å². The number of nitro benzene ring substituents is 1. The SMILES string of the molecule is Nc1c(C(=O)NCc2cccs2)c2nc3ccccc3nc2n1N=Cc1cccc([N+](=O)[O-])c1. The van der Waals surface area contributed by atoms with Crippen LogP contribution in [0.3, 0.4) is 0 Å². The molecular weight excluding hydrogens is 454 g/mol. The maximum atomic E-state index is 13.1. The van der Waals surface area contributed by atoms with Crippen LogP contribution in [0, 0.1) is 10.1 Å². The molecule has 168 valence electrons. The lowest BCUT2D eigenvalue weighted by atomic mass is 10.2. The smallest absolute Gasteiger partial charge is 0.270 e. The summed E-state index contributed by atoms with van der Waals surface area (Å²) in [6, 6.07) is 17.1. The van der Waals surface area contributed by atoms with Crippen molar-refractivity contribution in [2.45, 2.75) is 6.54 Å². The summed E-state index contributed by atoms with van der Waals surface area (Å²) in [5, 5.41) is 20.3. The topological polar surface area (TPSA) is 141 Å². The summed E-state index contributed by atoms with van der Waals surface area (Å²) in [5.41, 5.74) is 8.82. The van der Waals surface area contributed by atoms with Crippen LogP contribution in [0.25, 0.3) is 22.2 Å². The third kappa shape index (κ3) is 3.95. The maximum Gasteiger partial charge on any atom is 0.270 e. The molecule has 34 heavy (non-hydrogen) atoms. The number of carbonyl (C=O) groups excluding carboxylic acids is 1. The minimum atomic E-state index is -0.482. The maximum absolute atomic E-state index is 13.1. The first-order valence-electron chi connectivity index (χ1n) is 10.2. The lowest BCUT2D eigenvalue weighted by Gasteiger charge is -2.04. The highest BCUT2D eigenvalue weighted by atomic mass is 32.1. The van der Waals surface area contributed by atoms with Crippen LogP contribution in [0.15, 0.2) is 71.1 Å². The number of fused-ring (bicyclic) bond motifs is 2. The molecule has 0 radical (unpaired) electrons. The van der Waals surface area contributed by atoms with Crippen LogP contribution in [0.2, 0.25) is 0 Å². The summed E-state index contributed by atoms with van der Waals surface area (Å²) >= 11 is 1.53. The molecule has 0 aliphatic heterocycles. The predicted molar refractivity (Wildman–Crippen MR) is 131 cm³/mol. The number of para-hydroxylation sites is 2. The Hall–Kier alpha value is -4.64. The van der Waals surface area contributed by atoms with Crippen LogP contribution in [0.1, 0.15) is 20.8 Å². The molecule has 0 aliphatic rings. The van der Waals surface area contributed by atoms with Crippen molar-refractivity contribution >= 4 is 57.2 Å². The molecule has 0 atom stereocenters. The molecule has 3 heterocycles. The zero-order valence-corrected chi connectivity index (χ0v) is 18.4. The standard InChI is InChI=1S/C23H17N7O3S/c24-21-19(23(31)25-13-16-7-4-10-34-16)20-22(28-18-9-2-1-8-17(18)27-20)29(21)26-12-14-5-3-6-15(11-14)30(32)33/h1-12H,13,24H2,(H,25,31). The Morgan fingerprint density at radius 1 is 1.15 bits per heavy atom. The van der Waals surface area contributed by atoms with Crippen molar-refractivity contribution in [1.29, 1.82) is 0 Å². The van der Waals surface area contributed by atoms with E-state index < -0.39 is 10.8 Å². The fraction of sp³-hybridized carbons (Fsp3) is 0.0435. The number of hydrogen-bond acceptors (Lipinski definition) is 8. The normalized spacial score (nSPS) is 11.4. The summed E-state index contributed by atoms with van der Waals surface area (Å²) in [5.74, 6) is -0.333. The number of nitrogens with zero attached hydrogens (tertiary/aromatic N) is 5. The molecule has 5 rings (SSSR count). The van der Waals surface area contributed by atoms with Crippen molar-refractivity contribution in [3.8, 4) is 0 Å². The average Bonchev–Trinajstić information content (AvgIpc) is 3.45. The number of nitro groups is 1. The number of hydrogen-bond donors (Lipinski definition) is 2. The van der Waals surface area contributed by atoms with Crippen LogP contribution in [-0.2, 0) is 6.54 Å². The van der Waals surface area contributed by atoms with E-state index in [9.17, 15) is 14.9 Å². The van der Waals surface area contributed by atoms with Crippen LogP contribution in [0.5, 0.6) is 0 Å². The van der Waals surface area contributed by atoms with Crippen molar-refractivity contribution in [2.75, 3.05) is 5.73 Å². The second kappa shape index (κ2) is 8.71. The Morgan fingerprint density at radius 2 is 1.94 bits per heavy atom. The molecule has 0 bridgehead atoms.